The van der Waals surface area contributed by atoms with Crippen LogP contribution in [-0.2, 0) is 10.2 Å². The van der Waals surface area contributed by atoms with Crippen LogP contribution in [0.3, 0.4) is 0 Å². The molecule has 1 aromatic rings. The minimum absolute atomic E-state index is 0.0848. The normalized spacial score (nSPS) is 13.6. The fourth-order valence-electron chi connectivity index (χ4n) is 1.19. The average molecular weight is 273 g/mol. The monoisotopic (exact) mass is 273 g/mol. The van der Waals surface area contributed by atoms with Gasteiger partial charge in [0, 0.05) is 14.1 Å². The Balaban J connectivity index is 3.02. The van der Waals surface area contributed by atoms with E-state index in [1.807, 2.05) is 6.07 Å². The number of hydrogen-bond acceptors (Lipinski definition) is 3. The zero-order chi connectivity index (χ0) is 13.1. The molecule has 0 aromatic heterocycles. The highest BCUT2D eigenvalue weighted by Crippen LogP contribution is 2.14. The molecule has 0 bridgehead atoms. The molecule has 0 heterocycles. The summed E-state index contributed by atoms with van der Waals surface area (Å²) in [6.45, 7) is 0. The molecule has 1 aromatic carbocycles. The third-order valence-corrected chi connectivity index (χ3v) is 3.90. The van der Waals surface area contributed by atoms with Crippen LogP contribution >= 0.6 is 12.2 Å². The topological polar surface area (TPSA) is 75.4 Å². The molecule has 3 N–H and O–H groups in total. The Morgan fingerprint density at radius 2 is 1.88 bits per heavy atom. The fraction of sp³-hybridized carbons (Fsp3) is 0.300. The van der Waals surface area contributed by atoms with Crippen LogP contribution in [0.1, 0.15) is 11.6 Å². The molecule has 0 aliphatic heterocycles. The number of nitrogens with two attached hydrogens (primary N) is 1. The van der Waals surface area contributed by atoms with Crippen molar-refractivity contribution in [2.75, 3.05) is 14.1 Å². The summed E-state index contributed by atoms with van der Waals surface area (Å²) in [6.07, 6.45) is 0. The van der Waals surface area contributed by atoms with Crippen LogP contribution in [-0.4, -0.2) is 31.8 Å². The third-order valence-electron chi connectivity index (χ3n) is 2.16. The lowest BCUT2D eigenvalue weighted by molar-refractivity contribution is 0.502. The number of nitrogens with zero attached hydrogens (tertiary/aromatic N) is 1. The molecule has 17 heavy (non-hydrogen) atoms. The summed E-state index contributed by atoms with van der Waals surface area (Å²) in [7, 11) is -0.706. The third kappa shape index (κ3) is 3.74. The van der Waals surface area contributed by atoms with E-state index in [-0.39, 0.29) is 4.99 Å². The van der Waals surface area contributed by atoms with E-state index in [1.54, 1.807) is 24.3 Å². The van der Waals surface area contributed by atoms with E-state index < -0.39 is 16.3 Å². The maximum atomic E-state index is 11.7. The molecule has 1 rings (SSSR count). The average Bonchev–Trinajstić information content (AvgIpc) is 2.26. The summed E-state index contributed by atoms with van der Waals surface area (Å²) in [4.78, 5) is 0.0848. The van der Waals surface area contributed by atoms with Gasteiger partial charge in [-0.1, -0.05) is 42.5 Å². The van der Waals surface area contributed by atoms with Crippen molar-refractivity contribution in [1.82, 2.24) is 9.03 Å². The molecule has 5 nitrogen and oxygen atoms in total. The predicted molar refractivity (Wildman–Crippen MR) is 71.7 cm³/mol. The number of nitrogens with one attached hydrogen (secondary N) is 1. The first-order chi connectivity index (χ1) is 7.84. The van der Waals surface area contributed by atoms with E-state index in [9.17, 15) is 8.42 Å². The van der Waals surface area contributed by atoms with E-state index in [0.29, 0.717) is 5.56 Å². The lowest BCUT2D eigenvalue weighted by Gasteiger charge is -2.20. The van der Waals surface area contributed by atoms with Gasteiger partial charge < -0.3 is 5.73 Å². The summed E-state index contributed by atoms with van der Waals surface area (Å²) in [5.41, 5.74) is 6.28. The Kier molecular flexibility index (Phi) is 4.58. The molecular weight excluding hydrogens is 258 g/mol. The Morgan fingerprint density at radius 1 is 1.35 bits per heavy atom. The van der Waals surface area contributed by atoms with Gasteiger partial charge in [-0.05, 0) is 5.56 Å². The predicted octanol–water partition coefficient (Wildman–Crippen LogP) is 0.410. The van der Waals surface area contributed by atoms with Crippen LogP contribution < -0.4 is 10.5 Å². The molecular formula is C10H15N3O2S2. The molecule has 94 valence electrons. The van der Waals surface area contributed by atoms with Gasteiger partial charge in [-0.25, -0.2) is 0 Å². The van der Waals surface area contributed by atoms with Crippen molar-refractivity contribution >= 4 is 27.4 Å². The number of rotatable bonds is 5. The first-order valence-electron chi connectivity index (χ1n) is 4.88. The molecule has 0 saturated carbocycles. The van der Waals surface area contributed by atoms with Crippen molar-refractivity contribution in [2.45, 2.75) is 6.04 Å². The zero-order valence-corrected chi connectivity index (χ0v) is 11.3. The smallest absolute Gasteiger partial charge is 0.279 e. The molecule has 0 aliphatic rings. The van der Waals surface area contributed by atoms with Crippen molar-refractivity contribution in [3.05, 3.63) is 35.9 Å². The summed E-state index contributed by atoms with van der Waals surface area (Å²) >= 11 is 4.89. The highest BCUT2D eigenvalue weighted by Gasteiger charge is 2.22. The van der Waals surface area contributed by atoms with Gasteiger partial charge in [-0.2, -0.15) is 17.4 Å². The van der Waals surface area contributed by atoms with E-state index in [1.165, 1.54) is 14.1 Å². The van der Waals surface area contributed by atoms with Crippen molar-refractivity contribution in [3.63, 3.8) is 0 Å². The number of hydrogen-bond donors (Lipinski definition) is 2. The summed E-state index contributed by atoms with van der Waals surface area (Å²) < 4.78 is 26.9. The van der Waals surface area contributed by atoms with Crippen LogP contribution in [0.2, 0.25) is 0 Å². The van der Waals surface area contributed by atoms with Gasteiger partial charge in [0.15, 0.2) is 0 Å². The summed E-state index contributed by atoms with van der Waals surface area (Å²) in [6, 6.07) is 8.26. The lowest BCUT2D eigenvalue weighted by Crippen LogP contribution is -2.42. The van der Waals surface area contributed by atoms with Gasteiger partial charge in [-0.3, -0.25) is 0 Å². The maximum Gasteiger partial charge on any atom is 0.279 e. The summed E-state index contributed by atoms with van der Waals surface area (Å²) in [5, 5.41) is 0. The van der Waals surface area contributed by atoms with Crippen LogP contribution in [0, 0.1) is 0 Å². The van der Waals surface area contributed by atoms with Gasteiger partial charge in [0.2, 0.25) is 0 Å². The standard InChI is InChI=1S/C10H15N3O2S2/c1-13(2)17(14,15)12-9(10(11)16)8-6-4-3-5-7-8/h3-7,9,12H,1-2H3,(H2,11,16). The summed E-state index contributed by atoms with van der Waals surface area (Å²) in [5.74, 6) is 0. The van der Waals surface area contributed by atoms with Gasteiger partial charge in [0.25, 0.3) is 10.2 Å². The number of thiocarbonyl (C=S) groups is 1. The Hall–Kier alpha value is -1.02. The first kappa shape index (κ1) is 14.0. The van der Waals surface area contributed by atoms with E-state index in [4.69, 9.17) is 18.0 Å². The Morgan fingerprint density at radius 3 is 2.29 bits per heavy atom. The highest BCUT2D eigenvalue weighted by molar-refractivity contribution is 7.87. The molecule has 0 aliphatic carbocycles. The second kappa shape index (κ2) is 5.54. The van der Waals surface area contributed by atoms with E-state index in [0.717, 1.165) is 4.31 Å². The first-order valence-corrected chi connectivity index (χ1v) is 6.73. The van der Waals surface area contributed by atoms with Gasteiger partial charge in [-0.15, -0.1) is 0 Å². The van der Waals surface area contributed by atoms with Crippen molar-refractivity contribution in [3.8, 4) is 0 Å². The largest absolute Gasteiger partial charge is 0.392 e. The Bertz CT molecular complexity index is 486. The minimum Gasteiger partial charge on any atom is -0.392 e. The van der Waals surface area contributed by atoms with Crippen molar-refractivity contribution in [1.29, 1.82) is 0 Å². The molecule has 0 fully saturated rings. The van der Waals surface area contributed by atoms with Crippen LogP contribution in [0.25, 0.3) is 0 Å². The second-order valence-electron chi connectivity index (χ2n) is 3.65. The molecule has 0 radical (unpaired) electrons. The molecule has 7 heteroatoms. The maximum absolute atomic E-state index is 11.7. The van der Waals surface area contributed by atoms with E-state index >= 15 is 0 Å². The second-order valence-corrected chi connectivity index (χ2v) is 6.04. The van der Waals surface area contributed by atoms with Crippen LogP contribution in [0.15, 0.2) is 30.3 Å². The SMILES string of the molecule is CN(C)S(=O)(=O)NC(C(N)=S)c1ccccc1. The zero-order valence-electron chi connectivity index (χ0n) is 9.62. The fourth-order valence-corrected chi connectivity index (χ4v) is 2.23. The lowest BCUT2D eigenvalue weighted by atomic mass is 10.1. The quantitative estimate of drug-likeness (QED) is 0.762. The van der Waals surface area contributed by atoms with Crippen LogP contribution in [0.4, 0.5) is 0 Å². The Labute approximate surface area is 107 Å². The molecule has 0 amide bonds. The molecule has 0 saturated heterocycles. The number of benzene rings is 1. The molecule has 1 unspecified atom stereocenters. The molecule has 1 atom stereocenters. The van der Waals surface area contributed by atoms with Gasteiger partial charge >= 0.3 is 0 Å². The van der Waals surface area contributed by atoms with Crippen molar-refractivity contribution < 1.29 is 8.42 Å². The highest BCUT2D eigenvalue weighted by atomic mass is 32.2. The van der Waals surface area contributed by atoms with Gasteiger partial charge in [0.1, 0.15) is 0 Å². The van der Waals surface area contributed by atoms with Crippen molar-refractivity contribution in [2.24, 2.45) is 5.73 Å². The molecule has 0 spiro atoms. The van der Waals surface area contributed by atoms with Crippen LogP contribution in [0.5, 0.6) is 0 Å². The minimum atomic E-state index is -3.57. The van der Waals surface area contributed by atoms with E-state index in [2.05, 4.69) is 4.72 Å². The van der Waals surface area contributed by atoms with Gasteiger partial charge in [0.05, 0.1) is 11.0 Å².